The van der Waals surface area contributed by atoms with Gasteiger partial charge in [0.1, 0.15) is 0 Å². The molecule has 0 aliphatic carbocycles. The largest absolute Gasteiger partial charge is 0.316 e. The zero-order chi connectivity index (χ0) is 9.94. The van der Waals surface area contributed by atoms with E-state index in [0.717, 1.165) is 18.9 Å². The minimum Gasteiger partial charge on any atom is -0.316 e. The predicted octanol–water partition coefficient (Wildman–Crippen LogP) is 3.37. The molecule has 0 amide bonds. The summed E-state index contributed by atoms with van der Waals surface area (Å²) in [4.78, 5) is 0. The Morgan fingerprint density at radius 1 is 1.38 bits per heavy atom. The lowest BCUT2D eigenvalue weighted by Crippen LogP contribution is -2.23. The Labute approximate surface area is 83.6 Å². The van der Waals surface area contributed by atoms with Crippen LogP contribution in [0.25, 0.3) is 0 Å². The van der Waals surface area contributed by atoms with Crippen molar-refractivity contribution in [2.45, 2.75) is 46.0 Å². The van der Waals surface area contributed by atoms with Crippen molar-refractivity contribution in [3.8, 4) is 0 Å². The standard InChI is InChI=1S/C12H25N/c1-4-7-9-12(6-3)11-13-10-8-5-2/h5,12-13H,2,4,6-11H2,1,3H3. The van der Waals surface area contributed by atoms with Gasteiger partial charge in [0.25, 0.3) is 0 Å². The van der Waals surface area contributed by atoms with Crippen LogP contribution in [0, 0.1) is 5.92 Å². The summed E-state index contributed by atoms with van der Waals surface area (Å²) >= 11 is 0. The first kappa shape index (κ1) is 12.7. The molecule has 0 aromatic carbocycles. The van der Waals surface area contributed by atoms with Crippen LogP contribution in [-0.2, 0) is 0 Å². The Bertz CT molecular complexity index is 110. The first-order valence-corrected chi connectivity index (χ1v) is 5.66. The molecule has 0 bridgehead atoms. The van der Waals surface area contributed by atoms with E-state index in [1.54, 1.807) is 0 Å². The summed E-state index contributed by atoms with van der Waals surface area (Å²) in [5.41, 5.74) is 0. The average molecular weight is 183 g/mol. The van der Waals surface area contributed by atoms with Gasteiger partial charge in [-0.25, -0.2) is 0 Å². The van der Waals surface area contributed by atoms with E-state index >= 15 is 0 Å². The van der Waals surface area contributed by atoms with Crippen LogP contribution in [0.1, 0.15) is 46.0 Å². The lowest BCUT2D eigenvalue weighted by atomic mass is 9.99. The van der Waals surface area contributed by atoms with Gasteiger partial charge in [-0.1, -0.05) is 39.2 Å². The van der Waals surface area contributed by atoms with Gasteiger partial charge in [0, 0.05) is 0 Å². The van der Waals surface area contributed by atoms with Crippen molar-refractivity contribution in [3.05, 3.63) is 12.7 Å². The molecule has 0 radical (unpaired) electrons. The smallest absolute Gasteiger partial charge is 0.00143 e. The van der Waals surface area contributed by atoms with E-state index in [4.69, 9.17) is 0 Å². The third kappa shape index (κ3) is 8.04. The van der Waals surface area contributed by atoms with Crippen molar-refractivity contribution in [1.82, 2.24) is 5.32 Å². The Balaban J connectivity index is 3.30. The van der Waals surface area contributed by atoms with Crippen LogP contribution in [0.4, 0.5) is 0 Å². The molecule has 0 spiro atoms. The summed E-state index contributed by atoms with van der Waals surface area (Å²) in [5.74, 6) is 0.879. The molecule has 1 heteroatoms. The van der Waals surface area contributed by atoms with Crippen LogP contribution < -0.4 is 5.32 Å². The van der Waals surface area contributed by atoms with Crippen LogP contribution in [-0.4, -0.2) is 13.1 Å². The van der Waals surface area contributed by atoms with Gasteiger partial charge in [-0.2, -0.15) is 0 Å². The highest BCUT2D eigenvalue weighted by atomic mass is 14.8. The van der Waals surface area contributed by atoms with Gasteiger partial charge in [-0.15, -0.1) is 6.58 Å². The third-order valence-corrected chi connectivity index (χ3v) is 2.50. The summed E-state index contributed by atoms with van der Waals surface area (Å²) < 4.78 is 0. The molecule has 1 nitrogen and oxygen atoms in total. The number of nitrogens with one attached hydrogen (secondary N) is 1. The van der Waals surface area contributed by atoms with Gasteiger partial charge in [0.15, 0.2) is 0 Å². The first-order valence-electron chi connectivity index (χ1n) is 5.66. The quantitative estimate of drug-likeness (QED) is 0.427. The SMILES string of the molecule is C=CCCNCC(CC)CCCC. The van der Waals surface area contributed by atoms with Gasteiger partial charge in [-0.3, -0.25) is 0 Å². The second kappa shape index (κ2) is 9.79. The van der Waals surface area contributed by atoms with E-state index in [1.165, 1.54) is 32.2 Å². The molecule has 0 fully saturated rings. The molecule has 0 rings (SSSR count). The molecule has 13 heavy (non-hydrogen) atoms. The van der Waals surface area contributed by atoms with Gasteiger partial charge in [0.2, 0.25) is 0 Å². The molecular formula is C12H25N. The van der Waals surface area contributed by atoms with Crippen LogP contribution >= 0.6 is 0 Å². The normalized spacial score (nSPS) is 12.8. The lowest BCUT2D eigenvalue weighted by molar-refractivity contribution is 0.422. The second-order valence-electron chi connectivity index (χ2n) is 3.70. The van der Waals surface area contributed by atoms with E-state index in [-0.39, 0.29) is 0 Å². The van der Waals surface area contributed by atoms with Crippen LogP contribution in [0.2, 0.25) is 0 Å². The molecule has 1 unspecified atom stereocenters. The second-order valence-corrected chi connectivity index (χ2v) is 3.70. The molecular weight excluding hydrogens is 158 g/mol. The predicted molar refractivity (Wildman–Crippen MR) is 61.0 cm³/mol. The Morgan fingerprint density at radius 3 is 2.69 bits per heavy atom. The zero-order valence-corrected chi connectivity index (χ0v) is 9.31. The highest BCUT2D eigenvalue weighted by molar-refractivity contribution is 4.68. The number of hydrogen-bond acceptors (Lipinski definition) is 1. The van der Waals surface area contributed by atoms with Crippen LogP contribution in [0.3, 0.4) is 0 Å². The summed E-state index contributed by atoms with van der Waals surface area (Å²) in [6.45, 7) is 10.5. The van der Waals surface area contributed by atoms with E-state index in [1.807, 2.05) is 6.08 Å². The van der Waals surface area contributed by atoms with Gasteiger partial charge < -0.3 is 5.32 Å². The van der Waals surface area contributed by atoms with E-state index in [9.17, 15) is 0 Å². The number of unbranched alkanes of at least 4 members (excludes halogenated alkanes) is 1. The summed E-state index contributed by atoms with van der Waals surface area (Å²) in [6, 6.07) is 0. The number of hydrogen-bond donors (Lipinski definition) is 1. The fraction of sp³-hybridized carbons (Fsp3) is 0.833. The molecule has 78 valence electrons. The van der Waals surface area contributed by atoms with E-state index < -0.39 is 0 Å². The van der Waals surface area contributed by atoms with Crippen molar-refractivity contribution in [1.29, 1.82) is 0 Å². The summed E-state index contributed by atoms with van der Waals surface area (Å²) in [5, 5.41) is 3.47. The Morgan fingerprint density at radius 2 is 2.15 bits per heavy atom. The maximum absolute atomic E-state index is 3.71. The van der Waals surface area contributed by atoms with Crippen LogP contribution in [0.15, 0.2) is 12.7 Å². The minimum atomic E-state index is 0.879. The van der Waals surface area contributed by atoms with Gasteiger partial charge in [-0.05, 0) is 31.8 Å². The number of rotatable bonds is 9. The molecule has 0 aromatic rings. The van der Waals surface area contributed by atoms with Crippen molar-refractivity contribution in [2.24, 2.45) is 5.92 Å². The summed E-state index contributed by atoms with van der Waals surface area (Å²) in [7, 11) is 0. The van der Waals surface area contributed by atoms with Crippen LogP contribution in [0.5, 0.6) is 0 Å². The molecule has 0 aliphatic rings. The molecule has 0 heterocycles. The maximum Gasteiger partial charge on any atom is -0.00143 e. The van der Waals surface area contributed by atoms with Gasteiger partial charge >= 0.3 is 0 Å². The third-order valence-electron chi connectivity index (χ3n) is 2.50. The molecule has 0 aliphatic heterocycles. The molecule has 1 atom stereocenters. The topological polar surface area (TPSA) is 12.0 Å². The molecule has 1 N–H and O–H groups in total. The highest BCUT2D eigenvalue weighted by Gasteiger charge is 2.03. The summed E-state index contributed by atoms with van der Waals surface area (Å²) in [6.07, 6.45) is 8.45. The lowest BCUT2D eigenvalue weighted by Gasteiger charge is -2.14. The van der Waals surface area contributed by atoms with E-state index in [2.05, 4.69) is 25.7 Å². The Hall–Kier alpha value is -0.300. The minimum absolute atomic E-state index is 0.879. The fourth-order valence-corrected chi connectivity index (χ4v) is 1.45. The molecule has 0 saturated carbocycles. The van der Waals surface area contributed by atoms with Crippen molar-refractivity contribution in [3.63, 3.8) is 0 Å². The van der Waals surface area contributed by atoms with Gasteiger partial charge in [0.05, 0.1) is 0 Å². The average Bonchev–Trinajstić information content (AvgIpc) is 2.17. The Kier molecular flexibility index (Phi) is 9.56. The monoisotopic (exact) mass is 183 g/mol. The van der Waals surface area contributed by atoms with Crippen molar-refractivity contribution < 1.29 is 0 Å². The van der Waals surface area contributed by atoms with E-state index in [0.29, 0.717) is 0 Å². The molecule has 0 saturated heterocycles. The maximum atomic E-state index is 3.71. The van der Waals surface area contributed by atoms with Crippen molar-refractivity contribution in [2.75, 3.05) is 13.1 Å². The molecule has 0 aromatic heterocycles. The highest BCUT2D eigenvalue weighted by Crippen LogP contribution is 2.10. The zero-order valence-electron chi connectivity index (χ0n) is 9.31. The first-order chi connectivity index (χ1) is 6.35. The fourth-order valence-electron chi connectivity index (χ4n) is 1.45. The van der Waals surface area contributed by atoms with Crippen molar-refractivity contribution >= 4 is 0 Å².